The van der Waals surface area contributed by atoms with Crippen molar-refractivity contribution in [2.75, 3.05) is 7.11 Å². The standard InChI is InChI=1S/C22H17NO2/c1-25-22(24)18-10-5-9-17(13-18)20-14-19(16-7-3-2-4-8-16)15-23-12-6-11-21(20)23/h2-15H,1H3. The van der Waals surface area contributed by atoms with Crippen molar-refractivity contribution < 1.29 is 9.53 Å². The summed E-state index contributed by atoms with van der Waals surface area (Å²) in [5, 5.41) is 0. The minimum Gasteiger partial charge on any atom is -0.465 e. The Morgan fingerprint density at radius 2 is 1.64 bits per heavy atom. The molecule has 0 bridgehead atoms. The highest BCUT2D eigenvalue weighted by atomic mass is 16.5. The number of carbonyl (C=O) groups is 1. The van der Waals surface area contributed by atoms with E-state index in [2.05, 4.69) is 34.9 Å². The zero-order valence-corrected chi connectivity index (χ0v) is 13.8. The summed E-state index contributed by atoms with van der Waals surface area (Å²) in [6.45, 7) is 0. The molecule has 122 valence electrons. The van der Waals surface area contributed by atoms with Gasteiger partial charge in [-0.05, 0) is 47.0 Å². The minimum atomic E-state index is -0.326. The smallest absolute Gasteiger partial charge is 0.337 e. The third kappa shape index (κ3) is 2.81. The van der Waals surface area contributed by atoms with Crippen LogP contribution in [0.4, 0.5) is 0 Å². The molecule has 0 amide bonds. The second kappa shape index (κ2) is 6.29. The number of fused-ring (bicyclic) bond motifs is 1. The third-order valence-corrected chi connectivity index (χ3v) is 4.33. The Hall–Kier alpha value is -3.33. The van der Waals surface area contributed by atoms with Crippen LogP contribution >= 0.6 is 0 Å². The number of benzene rings is 2. The van der Waals surface area contributed by atoms with Crippen molar-refractivity contribution in [3.05, 3.63) is 90.8 Å². The van der Waals surface area contributed by atoms with Crippen molar-refractivity contribution >= 4 is 11.5 Å². The second-order valence-electron chi connectivity index (χ2n) is 5.88. The van der Waals surface area contributed by atoms with Crippen LogP contribution in [0.15, 0.2) is 85.2 Å². The number of aromatic nitrogens is 1. The predicted molar refractivity (Wildman–Crippen MR) is 99.6 cm³/mol. The Balaban J connectivity index is 1.92. The van der Waals surface area contributed by atoms with Gasteiger partial charge in [-0.15, -0.1) is 0 Å². The van der Waals surface area contributed by atoms with Gasteiger partial charge in [0.25, 0.3) is 0 Å². The lowest BCUT2D eigenvalue weighted by atomic mass is 9.99. The fraction of sp³-hybridized carbons (Fsp3) is 0.0455. The largest absolute Gasteiger partial charge is 0.465 e. The van der Waals surface area contributed by atoms with Crippen LogP contribution in [0, 0.1) is 0 Å². The van der Waals surface area contributed by atoms with Crippen molar-refractivity contribution in [1.82, 2.24) is 4.40 Å². The molecule has 3 heteroatoms. The lowest BCUT2D eigenvalue weighted by Gasteiger charge is -2.11. The Labute approximate surface area is 146 Å². The van der Waals surface area contributed by atoms with Crippen LogP contribution in [-0.4, -0.2) is 17.5 Å². The maximum absolute atomic E-state index is 11.9. The van der Waals surface area contributed by atoms with E-state index in [0.717, 1.165) is 27.8 Å². The number of methoxy groups -OCH3 is 1. The molecule has 4 aromatic rings. The summed E-state index contributed by atoms with van der Waals surface area (Å²) in [5.41, 5.74) is 6.00. The molecule has 0 spiro atoms. The summed E-state index contributed by atoms with van der Waals surface area (Å²) in [5.74, 6) is -0.326. The predicted octanol–water partition coefficient (Wildman–Crippen LogP) is 5.06. The molecule has 0 N–H and O–H groups in total. The number of hydrogen-bond donors (Lipinski definition) is 0. The fourth-order valence-electron chi connectivity index (χ4n) is 3.10. The van der Waals surface area contributed by atoms with Gasteiger partial charge in [-0.1, -0.05) is 42.5 Å². The number of hydrogen-bond acceptors (Lipinski definition) is 2. The van der Waals surface area contributed by atoms with E-state index in [1.165, 1.54) is 7.11 Å². The molecule has 0 fully saturated rings. The van der Waals surface area contributed by atoms with Crippen molar-refractivity contribution in [3.63, 3.8) is 0 Å². The number of carbonyl (C=O) groups excluding carboxylic acids is 1. The van der Waals surface area contributed by atoms with Crippen molar-refractivity contribution in [1.29, 1.82) is 0 Å². The molecule has 0 saturated carbocycles. The average Bonchev–Trinajstić information content (AvgIpc) is 3.16. The Bertz CT molecular complexity index is 1050. The van der Waals surface area contributed by atoms with Gasteiger partial charge in [-0.3, -0.25) is 0 Å². The maximum atomic E-state index is 11.9. The van der Waals surface area contributed by atoms with Gasteiger partial charge in [0.2, 0.25) is 0 Å². The molecule has 25 heavy (non-hydrogen) atoms. The molecule has 2 aromatic heterocycles. The number of nitrogens with zero attached hydrogens (tertiary/aromatic N) is 1. The van der Waals surface area contributed by atoms with E-state index in [1.54, 1.807) is 6.07 Å². The SMILES string of the molecule is COC(=O)c1cccc(-c2cc(-c3ccccc3)cn3cccc23)c1. The Morgan fingerprint density at radius 3 is 2.44 bits per heavy atom. The lowest BCUT2D eigenvalue weighted by Crippen LogP contribution is -2.01. The topological polar surface area (TPSA) is 30.7 Å². The quantitative estimate of drug-likeness (QED) is 0.492. The molecule has 0 saturated heterocycles. The molecule has 0 aliphatic heterocycles. The van der Waals surface area contributed by atoms with Crippen molar-refractivity contribution in [2.45, 2.75) is 0 Å². The number of ether oxygens (including phenoxy) is 1. The zero-order valence-electron chi connectivity index (χ0n) is 13.8. The van der Waals surface area contributed by atoms with Crippen LogP contribution in [-0.2, 0) is 4.74 Å². The first-order valence-electron chi connectivity index (χ1n) is 8.11. The van der Waals surface area contributed by atoms with Gasteiger partial charge in [-0.2, -0.15) is 0 Å². The molecule has 0 aliphatic rings. The molecule has 2 heterocycles. The third-order valence-electron chi connectivity index (χ3n) is 4.33. The molecular weight excluding hydrogens is 310 g/mol. The minimum absolute atomic E-state index is 0.326. The van der Waals surface area contributed by atoms with Gasteiger partial charge < -0.3 is 9.14 Å². The highest BCUT2D eigenvalue weighted by Gasteiger charge is 2.11. The van der Waals surface area contributed by atoms with Crippen molar-refractivity contribution in [2.24, 2.45) is 0 Å². The van der Waals surface area contributed by atoms with Crippen LogP contribution in [0.2, 0.25) is 0 Å². The van der Waals surface area contributed by atoms with E-state index in [0.29, 0.717) is 5.56 Å². The van der Waals surface area contributed by atoms with E-state index in [4.69, 9.17) is 4.74 Å². The van der Waals surface area contributed by atoms with Crippen LogP contribution in [0.25, 0.3) is 27.8 Å². The summed E-state index contributed by atoms with van der Waals surface area (Å²) in [7, 11) is 1.40. The fourth-order valence-corrected chi connectivity index (χ4v) is 3.10. The summed E-state index contributed by atoms with van der Waals surface area (Å²) in [6, 6.07) is 24.1. The summed E-state index contributed by atoms with van der Waals surface area (Å²) >= 11 is 0. The maximum Gasteiger partial charge on any atom is 0.337 e. The van der Waals surface area contributed by atoms with Gasteiger partial charge in [0.15, 0.2) is 0 Å². The Kier molecular flexibility index (Phi) is 3.82. The monoisotopic (exact) mass is 327 g/mol. The van der Waals surface area contributed by atoms with E-state index in [1.807, 2.05) is 48.7 Å². The van der Waals surface area contributed by atoms with Gasteiger partial charge in [-0.25, -0.2) is 4.79 Å². The van der Waals surface area contributed by atoms with E-state index < -0.39 is 0 Å². The van der Waals surface area contributed by atoms with Crippen LogP contribution < -0.4 is 0 Å². The van der Waals surface area contributed by atoms with Crippen molar-refractivity contribution in [3.8, 4) is 22.3 Å². The summed E-state index contributed by atoms with van der Waals surface area (Å²) < 4.78 is 6.96. The van der Waals surface area contributed by atoms with E-state index in [-0.39, 0.29) is 5.97 Å². The van der Waals surface area contributed by atoms with Gasteiger partial charge in [0.1, 0.15) is 0 Å². The van der Waals surface area contributed by atoms with Gasteiger partial charge in [0.05, 0.1) is 18.2 Å². The van der Waals surface area contributed by atoms with E-state index in [9.17, 15) is 4.79 Å². The first kappa shape index (κ1) is 15.2. The first-order chi connectivity index (χ1) is 12.3. The second-order valence-corrected chi connectivity index (χ2v) is 5.88. The van der Waals surface area contributed by atoms with Gasteiger partial charge >= 0.3 is 5.97 Å². The van der Waals surface area contributed by atoms with Crippen LogP contribution in [0.5, 0.6) is 0 Å². The molecule has 0 unspecified atom stereocenters. The normalized spacial score (nSPS) is 10.8. The van der Waals surface area contributed by atoms with E-state index >= 15 is 0 Å². The zero-order chi connectivity index (χ0) is 17.2. The molecule has 0 aliphatic carbocycles. The molecule has 0 atom stereocenters. The molecule has 4 rings (SSSR count). The number of pyridine rings is 1. The van der Waals surface area contributed by atoms with Crippen LogP contribution in [0.1, 0.15) is 10.4 Å². The lowest BCUT2D eigenvalue weighted by molar-refractivity contribution is 0.0601. The highest BCUT2D eigenvalue weighted by Crippen LogP contribution is 2.31. The molecule has 2 aromatic carbocycles. The van der Waals surface area contributed by atoms with Crippen LogP contribution in [0.3, 0.4) is 0 Å². The first-order valence-corrected chi connectivity index (χ1v) is 8.11. The molecular formula is C22H17NO2. The number of rotatable bonds is 3. The highest BCUT2D eigenvalue weighted by molar-refractivity contribution is 5.93. The molecule has 0 radical (unpaired) electrons. The Morgan fingerprint density at radius 1 is 0.840 bits per heavy atom. The summed E-state index contributed by atoms with van der Waals surface area (Å²) in [4.78, 5) is 11.9. The summed E-state index contributed by atoms with van der Waals surface area (Å²) in [6.07, 6.45) is 4.16. The molecule has 3 nitrogen and oxygen atoms in total. The van der Waals surface area contributed by atoms with Gasteiger partial charge in [0, 0.05) is 18.0 Å². The number of esters is 1. The average molecular weight is 327 g/mol.